The van der Waals surface area contributed by atoms with E-state index in [2.05, 4.69) is 26.3 Å². The Kier molecular flexibility index (Phi) is 4.42. The summed E-state index contributed by atoms with van der Waals surface area (Å²) >= 11 is 4.09. The highest BCUT2D eigenvalue weighted by molar-refractivity contribution is 9.10. The van der Waals surface area contributed by atoms with Crippen molar-refractivity contribution in [1.29, 1.82) is 0 Å². The highest BCUT2D eigenvalue weighted by Crippen LogP contribution is 2.36. The van der Waals surface area contributed by atoms with E-state index in [4.69, 9.17) is 0 Å². The van der Waals surface area contributed by atoms with Crippen LogP contribution >= 0.6 is 27.3 Å². The number of aromatic amines is 1. The number of aryl methyl sites for hydroxylation is 1. The molecule has 0 saturated carbocycles. The van der Waals surface area contributed by atoms with Crippen LogP contribution in [-0.2, 0) is 7.05 Å². The number of H-pyrrole nitrogens is 1. The monoisotopic (exact) mass is 388 g/mol. The second-order valence-corrected chi connectivity index (χ2v) is 6.32. The summed E-state index contributed by atoms with van der Waals surface area (Å²) in [5.41, 5.74) is -0.851. The molecule has 8 nitrogen and oxygen atoms in total. The molecule has 10 heteroatoms. The van der Waals surface area contributed by atoms with Gasteiger partial charge >= 0.3 is 0 Å². The number of nitrogens with one attached hydrogen (secondary N) is 2. The fourth-order valence-electron chi connectivity index (χ4n) is 1.65. The first-order valence-corrected chi connectivity index (χ1v) is 7.69. The van der Waals surface area contributed by atoms with Gasteiger partial charge in [-0.1, -0.05) is 0 Å². The first-order valence-electron chi connectivity index (χ1n) is 6.02. The smallest absolute Gasteiger partial charge is 0.287 e. The zero-order valence-electron chi connectivity index (χ0n) is 11.9. The van der Waals surface area contributed by atoms with E-state index in [0.717, 1.165) is 16.0 Å². The Morgan fingerprint density at radius 2 is 2.09 bits per heavy atom. The molecule has 0 aromatic carbocycles. The van der Waals surface area contributed by atoms with E-state index in [1.807, 2.05) is 0 Å². The van der Waals surface area contributed by atoms with E-state index < -0.39 is 11.1 Å². The molecule has 0 aliphatic heterocycles. The van der Waals surface area contributed by atoms with Gasteiger partial charge in [0.15, 0.2) is 5.75 Å². The van der Waals surface area contributed by atoms with E-state index >= 15 is 0 Å². The molecule has 0 fully saturated rings. The van der Waals surface area contributed by atoms with Crippen LogP contribution in [0.2, 0.25) is 0 Å². The number of carbonyl (C=O) groups excluding carboxylic acids is 1. The van der Waals surface area contributed by atoms with E-state index in [9.17, 15) is 19.5 Å². The van der Waals surface area contributed by atoms with Crippen molar-refractivity contribution in [3.63, 3.8) is 0 Å². The third-order valence-corrected chi connectivity index (χ3v) is 4.53. The van der Waals surface area contributed by atoms with Gasteiger partial charge in [0.2, 0.25) is 0 Å². The number of halogens is 1. The molecule has 0 saturated heterocycles. The van der Waals surface area contributed by atoms with E-state index in [0.29, 0.717) is 0 Å². The number of anilines is 2. The van der Waals surface area contributed by atoms with E-state index in [1.54, 1.807) is 14.1 Å². The molecule has 0 spiro atoms. The Hall–Kier alpha value is -2.07. The van der Waals surface area contributed by atoms with Crippen LogP contribution in [0.1, 0.15) is 9.67 Å². The normalized spacial score (nSPS) is 10.5. The quantitative estimate of drug-likeness (QED) is 0.728. The zero-order valence-corrected chi connectivity index (χ0v) is 14.3. The molecule has 1 amide bonds. The number of nitrogens with zero attached hydrogens (tertiary/aromatic N) is 2. The number of amides is 1. The summed E-state index contributed by atoms with van der Waals surface area (Å²) in [5.74, 6) is -0.622. The lowest BCUT2D eigenvalue weighted by Gasteiger charge is -2.10. The fourth-order valence-corrected chi connectivity index (χ4v) is 3.11. The number of rotatable bonds is 3. The number of hydrogen-bond donors (Lipinski definition) is 3. The Morgan fingerprint density at radius 1 is 1.45 bits per heavy atom. The predicted octanol–water partition coefficient (Wildman–Crippen LogP) is 1.05. The maximum atomic E-state index is 11.9. The van der Waals surface area contributed by atoms with E-state index in [-0.39, 0.29) is 32.4 Å². The number of aromatic nitrogens is 2. The molecular formula is C12H13BrN4O4S. The highest BCUT2D eigenvalue weighted by Gasteiger charge is 2.21. The van der Waals surface area contributed by atoms with Gasteiger partial charge < -0.3 is 15.3 Å². The molecule has 0 radical (unpaired) electrons. The minimum absolute atomic E-state index is 0.0323. The molecule has 0 atom stereocenters. The topological polar surface area (TPSA) is 107 Å². The molecule has 0 unspecified atom stereocenters. The molecule has 0 aliphatic rings. The summed E-state index contributed by atoms with van der Waals surface area (Å²) < 4.78 is 1.07. The van der Waals surface area contributed by atoms with Gasteiger partial charge in [0.05, 0.1) is 5.69 Å². The van der Waals surface area contributed by atoms with Gasteiger partial charge in [0, 0.05) is 26.5 Å². The maximum Gasteiger partial charge on any atom is 0.287 e. The summed E-state index contributed by atoms with van der Waals surface area (Å²) in [7, 11) is 4.54. The predicted molar refractivity (Wildman–Crippen MR) is 87.3 cm³/mol. The van der Waals surface area contributed by atoms with Crippen molar-refractivity contribution in [2.45, 2.75) is 0 Å². The summed E-state index contributed by atoms with van der Waals surface area (Å²) in [6.07, 6.45) is 0. The first-order chi connectivity index (χ1) is 10.2. The number of hydrogen-bond acceptors (Lipinski definition) is 6. The van der Waals surface area contributed by atoms with Crippen LogP contribution in [0, 0.1) is 0 Å². The van der Waals surface area contributed by atoms with Crippen molar-refractivity contribution in [3.05, 3.63) is 35.4 Å². The van der Waals surface area contributed by atoms with Crippen molar-refractivity contribution in [2.75, 3.05) is 19.4 Å². The molecule has 22 heavy (non-hydrogen) atoms. The third kappa shape index (κ3) is 2.79. The standard InChI is InChI=1S/C12H13BrN4O4S/c1-16(2)12(21)9-8(18)5(4-22-9)14-7-6(13)11(20)17(3)15-10(7)19/h4,14,18H,1-3H3,(H,15,19). The van der Waals surface area contributed by atoms with Crippen molar-refractivity contribution in [3.8, 4) is 5.75 Å². The Bertz CT molecular complexity index is 852. The largest absolute Gasteiger partial charge is 0.504 e. The Balaban J connectivity index is 2.46. The second kappa shape index (κ2) is 5.97. The molecule has 0 bridgehead atoms. The van der Waals surface area contributed by atoms with Gasteiger partial charge in [0.25, 0.3) is 17.0 Å². The average molecular weight is 389 g/mol. The molecule has 0 aliphatic carbocycles. The van der Waals surface area contributed by atoms with Gasteiger partial charge in [-0.05, 0) is 15.9 Å². The Labute approximate surface area is 137 Å². The first kappa shape index (κ1) is 16.3. The van der Waals surface area contributed by atoms with Crippen LogP contribution in [0.3, 0.4) is 0 Å². The molecule has 2 rings (SSSR count). The van der Waals surface area contributed by atoms with Gasteiger partial charge in [-0.3, -0.25) is 24.2 Å². The number of thiophene rings is 1. The average Bonchev–Trinajstić information content (AvgIpc) is 2.81. The van der Waals surface area contributed by atoms with Gasteiger partial charge in [-0.25, -0.2) is 0 Å². The lowest BCUT2D eigenvalue weighted by Crippen LogP contribution is -2.29. The van der Waals surface area contributed by atoms with Crippen LogP contribution in [0.15, 0.2) is 19.4 Å². The molecule has 2 heterocycles. The third-order valence-electron chi connectivity index (χ3n) is 2.83. The lowest BCUT2D eigenvalue weighted by molar-refractivity contribution is 0.0829. The molecule has 2 aromatic rings. The summed E-state index contributed by atoms with van der Waals surface area (Å²) in [6.45, 7) is 0. The fraction of sp³-hybridized carbons (Fsp3) is 0.250. The highest BCUT2D eigenvalue weighted by atomic mass is 79.9. The van der Waals surface area contributed by atoms with Gasteiger partial charge in [-0.2, -0.15) is 0 Å². The SMILES string of the molecule is CN(C)C(=O)c1scc(Nc2c(Br)c(=O)n(C)[nH]c2=O)c1O. The Morgan fingerprint density at radius 3 is 2.68 bits per heavy atom. The van der Waals surface area contributed by atoms with Crippen LogP contribution in [-0.4, -0.2) is 39.8 Å². The summed E-state index contributed by atoms with van der Waals surface area (Å²) in [5, 5.41) is 16.6. The van der Waals surface area contributed by atoms with E-state index in [1.165, 1.54) is 17.3 Å². The van der Waals surface area contributed by atoms with Crippen molar-refractivity contribution >= 4 is 44.5 Å². The molecule has 3 N–H and O–H groups in total. The minimum atomic E-state index is -0.542. The van der Waals surface area contributed by atoms with Gasteiger partial charge in [0.1, 0.15) is 15.0 Å². The van der Waals surface area contributed by atoms with Crippen LogP contribution in [0.5, 0.6) is 5.75 Å². The second-order valence-electron chi connectivity index (χ2n) is 4.65. The maximum absolute atomic E-state index is 11.9. The van der Waals surface area contributed by atoms with Crippen molar-refractivity contribution in [1.82, 2.24) is 14.7 Å². The summed E-state index contributed by atoms with van der Waals surface area (Å²) in [6, 6.07) is 0. The van der Waals surface area contributed by atoms with Crippen LogP contribution in [0.25, 0.3) is 0 Å². The molecule has 118 valence electrons. The lowest BCUT2D eigenvalue weighted by atomic mass is 10.3. The minimum Gasteiger partial charge on any atom is -0.504 e. The van der Waals surface area contributed by atoms with Gasteiger partial charge in [-0.15, -0.1) is 11.3 Å². The van der Waals surface area contributed by atoms with Crippen LogP contribution < -0.4 is 16.4 Å². The number of carbonyl (C=O) groups is 1. The molecular weight excluding hydrogens is 376 g/mol. The molecule has 2 aromatic heterocycles. The summed E-state index contributed by atoms with van der Waals surface area (Å²) in [4.78, 5) is 37.1. The van der Waals surface area contributed by atoms with Crippen molar-refractivity contribution in [2.24, 2.45) is 7.05 Å². The van der Waals surface area contributed by atoms with Crippen LogP contribution in [0.4, 0.5) is 11.4 Å². The van der Waals surface area contributed by atoms with Crippen molar-refractivity contribution < 1.29 is 9.90 Å². The zero-order chi connectivity index (χ0) is 16.6. The number of aromatic hydroxyl groups is 1.